The summed E-state index contributed by atoms with van der Waals surface area (Å²) in [5.41, 5.74) is 1.99. The molecule has 2 aromatic carbocycles. The zero-order valence-corrected chi connectivity index (χ0v) is 11.5. The maximum Gasteiger partial charge on any atom is 0.124 e. The molecule has 0 aliphatic heterocycles. The van der Waals surface area contributed by atoms with Gasteiger partial charge in [-0.3, -0.25) is 0 Å². The number of rotatable bonds is 5. The van der Waals surface area contributed by atoms with Gasteiger partial charge in [0, 0.05) is 18.8 Å². The minimum absolute atomic E-state index is 0.304. The van der Waals surface area contributed by atoms with E-state index in [0.29, 0.717) is 30.6 Å². The maximum atomic E-state index is 13.5. The molecule has 0 saturated heterocycles. The average Bonchev–Trinajstić information content (AvgIpc) is 2.51. The molecule has 0 N–H and O–H groups in total. The standard InChI is InChI=1S/C17H14FN3/c18-16-10-14(12-20)9-15(11-16)13-21(8-4-7-19)17-5-2-1-3-6-17/h1-3,5-6,9-11H,4,8,13H2. The minimum atomic E-state index is -0.419. The van der Waals surface area contributed by atoms with E-state index in [2.05, 4.69) is 6.07 Å². The second-order valence-corrected chi connectivity index (χ2v) is 4.63. The predicted molar refractivity (Wildman–Crippen MR) is 78.8 cm³/mol. The van der Waals surface area contributed by atoms with Gasteiger partial charge in [-0.15, -0.1) is 0 Å². The van der Waals surface area contributed by atoms with Crippen molar-refractivity contribution in [2.45, 2.75) is 13.0 Å². The molecule has 0 aliphatic rings. The molecular formula is C17H14FN3. The van der Waals surface area contributed by atoms with E-state index in [1.165, 1.54) is 12.1 Å². The van der Waals surface area contributed by atoms with Crippen molar-refractivity contribution in [2.75, 3.05) is 11.4 Å². The molecule has 3 nitrogen and oxygen atoms in total. The van der Waals surface area contributed by atoms with Gasteiger partial charge in [0.1, 0.15) is 5.82 Å². The van der Waals surface area contributed by atoms with Crippen molar-refractivity contribution < 1.29 is 4.39 Å². The highest BCUT2D eigenvalue weighted by Gasteiger charge is 2.09. The normalized spacial score (nSPS) is 9.67. The van der Waals surface area contributed by atoms with Gasteiger partial charge in [-0.05, 0) is 35.9 Å². The third-order valence-corrected chi connectivity index (χ3v) is 3.07. The number of anilines is 1. The number of hydrogen-bond acceptors (Lipinski definition) is 3. The molecule has 0 fully saturated rings. The van der Waals surface area contributed by atoms with Crippen LogP contribution in [0.25, 0.3) is 0 Å². The first-order chi connectivity index (χ1) is 10.2. The molecule has 0 bridgehead atoms. The lowest BCUT2D eigenvalue weighted by atomic mass is 10.1. The van der Waals surface area contributed by atoms with Gasteiger partial charge in [-0.1, -0.05) is 18.2 Å². The fraction of sp³-hybridized carbons (Fsp3) is 0.176. The highest BCUT2D eigenvalue weighted by molar-refractivity contribution is 5.47. The largest absolute Gasteiger partial charge is 0.366 e. The fourth-order valence-corrected chi connectivity index (χ4v) is 2.15. The molecule has 2 rings (SSSR count). The Morgan fingerprint density at radius 3 is 2.48 bits per heavy atom. The van der Waals surface area contributed by atoms with Crippen LogP contribution < -0.4 is 4.90 Å². The van der Waals surface area contributed by atoms with Gasteiger partial charge in [0.2, 0.25) is 0 Å². The van der Waals surface area contributed by atoms with Crippen LogP contribution in [0.4, 0.5) is 10.1 Å². The molecule has 0 aliphatic carbocycles. The van der Waals surface area contributed by atoms with Crippen LogP contribution in [0.5, 0.6) is 0 Å². The second-order valence-electron chi connectivity index (χ2n) is 4.63. The van der Waals surface area contributed by atoms with Crippen LogP contribution in [0.1, 0.15) is 17.5 Å². The number of nitrogens with zero attached hydrogens (tertiary/aromatic N) is 3. The van der Waals surface area contributed by atoms with Gasteiger partial charge >= 0.3 is 0 Å². The summed E-state index contributed by atoms with van der Waals surface area (Å²) in [7, 11) is 0. The van der Waals surface area contributed by atoms with E-state index >= 15 is 0 Å². The average molecular weight is 279 g/mol. The highest BCUT2D eigenvalue weighted by atomic mass is 19.1. The van der Waals surface area contributed by atoms with E-state index in [1.54, 1.807) is 6.07 Å². The summed E-state index contributed by atoms with van der Waals surface area (Å²) < 4.78 is 13.5. The predicted octanol–water partition coefficient (Wildman–Crippen LogP) is 3.62. The summed E-state index contributed by atoms with van der Waals surface area (Å²) in [6.45, 7) is 1.01. The van der Waals surface area contributed by atoms with Gasteiger partial charge in [0.25, 0.3) is 0 Å². The fourth-order valence-electron chi connectivity index (χ4n) is 2.15. The lowest BCUT2D eigenvalue weighted by molar-refractivity contribution is 0.624. The molecule has 0 saturated carbocycles. The van der Waals surface area contributed by atoms with E-state index in [0.717, 1.165) is 5.69 Å². The van der Waals surface area contributed by atoms with Crippen LogP contribution in [-0.2, 0) is 6.54 Å². The highest BCUT2D eigenvalue weighted by Crippen LogP contribution is 2.18. The van der Waals surface area contributed by atoms with E-state index < -0.39 is 5.82 Å². The Hall–Kier alpha value is -2.85. The Morgan fingerprint density at radius 1 is 1.05 bits per heavy atom. The number of halogens is 1. The van der Waals surface area contributed by atoms with E-state index in [-0.39, 0.29) is 0 Å². The van der Waals surface area contributed by atoms with Gasteiger partial charge in [-0.25, -0.2) is 4.39 Å². The van der Waals surface area contributed by atoms with Crippen LogP contribution in [-0.4, -0.2) is 6.54 Å². The summed E-state index contributed by atoms with van der Waals surface area (Å²) in [6.07, 6.45) is 0.384. The third kappa shape index (κ3) is 4.06. The SMILES string of the molecule is N#CCCN(Cc1cc(F)cc(C#N)c1)c1ccccc1. The molecule has 0 spiro atoms. The quantitative estimate of drug-likeness (QED) is 0.840. The van der Waals surface area contributed by atoms with Crippen molar-refractivity contribution in [3.63, 3.8) is 0 Å². The lowest BCUT2D eigenvalue weighted by Gasteiger charge is -2.24. The summed E-state index contributed by atoms with van der Waals surface area (Å²) in [5, 5.41) is 17.7. The van der Waals surface area contributed by atoms with Crippen LogP contribution in [0.3, 0.4) is 0 Å². The number of para-hydroxylation sites is 1. The lowest BCUT2D eigenvalue weighted by Crippen LogP contribution is -2.23. The van der Waals surface area contributed by atoms with E-state index in [9.17, 15) is 4.39 Å². The first kappa shape index (κ1) is 14.6. The molecule has 2 aromatic rings. The van der Waals surface area contributed by atoms with Crippen molar-refractivity contribution in [3.05, 3.63) is 65.5 Å². The van der Waals surface area contributed by atoms with Gasteiger partial charge in [0.05, 0.1) is 24.1 Å². The molecule has 0 unspecified atom stereocenters. The van der Waals surface area contributed by atoms with Crippen LogP contribution >= 0.6 is 0 Å². The molecule has 104 valence electrons. The maximum absolute atomic E-state index is 13.5. The summed E-state index contributed by atoms with van der Waals surface area (Å²) >= 11 is 0. The van der Waals surface area contributed by atoms with Crippen LogP contribution in [0.15, 0.2) is 48.5 Å². The van der Waals surface area contributed by atoms with Crippen molar-refractivity contribution in [1.82, 2.24) is 0 Å². The smallest absolute Gasteiger partial charge is 0.124 e. The summed E-state index contributed by atoms with van der Waals surface area (Å²) in [4.78, 5) is 2.00. The Labute approximate surface area is 123 Å². The van der Waals surface area contributed by atoms with Gasteiger partial charge in [0.15, 0.2) is 0 Å². The summed E-state index contributed by atoms with van der Waals surface area (Å²) in [5.74, 6) is -0.419. The summed E-state index contributed by atoms with van der Waals surface area (Å²) in [6, 6.07) is 18.0. The zero-order chi connectivity index (χ0) is 15.1. The van der Waals surface area contributed by atoms with Crippen molar-refractivity contribution in [3.8, 4) is 12.1 Å². The molecule has 21 heavy (non-hydrogen) atoms. The Balaban J connectivity index is 2.25. The second kappa shape index (κ2) is 7.07. The van der Waals surface area contributed by atoms with Crippen molar-refractivity contribution in [1.29, 1.82) is 10.5 Å². The molecule has 4 heteroatoms. The number of hydrogen-bond donors (Lipinski definition) is 0. The Morgan fingerprint density at radius 2 is 1.81 bits per heavy atom. The minimum Gasteiger partial charge on any atom is -0.366 e. The number of nitriles is 2. The molecule has 0 atom stereocenters. The zero-order valence-electron chi connectivity index (χ0n) is 11.5. The number of benzene rings is 2. The van der Waals surface area contributed by atoms with Gasteiger partial charge < -0.3 is 4.90 Å². The monoisotopic (exact) mass is 279 g/mol. The first-order valence-electron chi connectivity index (χ1n) is 6.59. The third-order valence-electron chi connectivity index (χ3n) is 3.07. The van der Waals surface area contributed by atoms with E-state index in [1.807, 2.05) is 41.3 Å². The van der Waals surface area contributed by atoms with E-state index in [4.69, 9.17) is 10.5 Å². The molecular weight excluding hydrogens is 265 g/mol. The Bertz CT molecular complexity index is 683. The first-order valence-corrected chi connectivity index (χ1v) is 6.59. The molecule has 0 heterocycles. The topological polar surface area (TPSA) is 50.8 Å². The molecule has 0 radical (unpaired) electrons. The molecule has 0 amide bonds. The van der Waals surface area contributed by atoms with Crippen molar-refractivity contribution in [2.24, 2.45) is 0 Å². The van der Waals surface area contributed by atoms with Crippen LogP contribution in [0.2, 0.25) is 0 Å². The van der Waals surface area contributed by atoms with Crippen molar-refractivity contribution >= 4 is 5.69 Å². The molecule has 0 aromatic heterocycles. The van der Waals surface area contributed by atoms with Crippen LogP contribution in [0, 0.1) is 28.5 Å². The van der Waals surface area contributed by atoms with Gasteiger partial charge in [-0.2, -0.15) is 10.5 Å². The Kier molecular flexibility index (Phi) is 4.90.